The second kappa shape index (κ2) is 7.32. The van der Waals surface area contributed by atoms with Gasteiger partial charge in [-0.1, -0.05) is 36.4 Å². The molecular formula is C27H22N3O2S+. The lowest BCUT2D eigenvalue weighted by Crippen LogP contribution is -2.32. The summed E-state index contributed by atoms with van der Waals surface area (Å²) >= 11 is 1.47. The first-order valence-corrected chi connectivity index (χ1v) is 11.6. The molecule has 6 heteroatoms. The van der Waals surface area contributed by atoms with Crippen molar-refractivity contribution in [3.63, 3.8) is 0 Å². The second-order valence-corrected chi connectivity index (χ2v) is 9.34. The number of thiazole rings is 1. The highest BCUT2D eigenvalue weighted by Gasteiger charge is 2.17. The molecule has 5 nitrogen and oxygen atoms in total. The summed E-state index contributed by atoms with van der Waals surface area (Å²) < 4.78 is 13.4. The number of rotatable bonds is 2. The minimum atomic E-state index is -0.0111. The maximum atomic E-state index is 13.0. The Morgan fingerprint density at radius 3 is 2.48 bits per heavy atom. The van der Waals surface area contributed by atoms with Crippen molar-refractivity contribution in [2.24, 2.45) is 21.1 Å². The van der Waals surface area contributed by atoms with Crippen molar-refractivity contribution >= 4 is 56.4 Å². The molecule has 0 bridgehead atoms. The molecule has 0 unspecified atom stereocenters. The van der Waals surface area contributed by atoms with E-state index in [9.17, 15) is 4.79 Å². The van der Waals surface area contributed by atoms with E-state index in [-0.39, 0.29) is 5.56 Å². The Morgan fingerprint density at radius 1 is 0.879 bits per heavy atom. The molecule has 0 fully saturated rings. The fourth-order valence-electron chi connectivity index (χ4n) is 4.49. The molecule has 162 valence electrons. The molecular weight excluding hydrogens is 430 g/mol. The average molecular weight is 453 g/mol. The molecule has 0 atom stereocenters. The van der Waals surface area contributed by atoms with E-state index in [1.807, 2.05) is 48.0 Å². The number of nitrogens with zero attached hydrogens (tertiary/aromatic N) is 3. The zero-order chi connectivity index (χ0) is 22.7. The van der Waals surface area contributed by atoms with Crippen LogP contribution in [0.2, 0.25) is 0 Å². The van der Waals surface area contributed by atoms with Crippen LogP contribution in [0.5, 0.6) is 0 Å². The Kier molecular flexibility index (Phi) is 4.38. The summed E-state index contributed by atoms with van der Waals surface area (Å²) in [6, 6.07) is 22.7. The maximum absolute atomic E-state index is 13.0. The van der Waals surface area contributed by atoms with Gasteiger partial charge in [0.2, 0.25) is 5.58 Å². The van der Waals surface area contributed by atoms with Gasteiger partial charge < -0.3 is 13.6 Å². The molecule has 6 aromatic rings. The number of oxazole rings is 1. The van der Waals surface area contributed by atoms with Gasteiger partial charge in [0.1, 0.15) is 11.7 Å². The van der Waals surface area contributed by atoms with Gasteiger partial charge in [-0.15, -0.1) is 11.3 Å². The molecule has 33 heavy (non-hydrogen) atoms. The molecule has 0 amide bonds. The molecule has 0 saturated heterocycles. The Bertz CT molecular complexity index is 1880. The third-order valence-electron chi connectivity index (χ3n) is 6.31. The normalized spacial score (nSPS) is 13.2. The summed E-state index contributed by atoms with van der Waals surface area (Å²) in [5, 5.41) is 2.41. The third kappa shape index (κ3) is 3.06. The number of aryl methyl sites for hydroxylation is 2. The summed E-state index contributed by atoms with van der Waals surface area (Å²) in [7, 11) is 5.86. The van der Waals surface area contributed by atoms with Crippen molar-refractivity contribution in [3.8, 4) is 0 Å². The lowest BCUT2D eigenvalue weighted by molar-refractivity contribution is -0.652. The van der Waals surface area contributed by atoms with Crippen molar-refractivity contribution in [1.29, 1.82) is 0 Å². The summed E-state index contributed by atoms with van der Waals surface area (Å²) in [5.74, 6) is 0.705. The van der Waals surface area contributed by atoms with E-state index in [1.165, 1.54) is 33.1 Å². The fourth-order valence-corrected chi connectivity index (χ4v) is 5.51. The van der Waals surface area contributed by atoms with Crippen molar-refractivity contribution < 1.29 is 8.98 Å². The van der Waals surface area contributed by atoms with Crippen LogP contribution in [0.4, 0.5) is 0 Å². The SMILES string of the molecule is Cn1c(=O)/c(=C\c2ccc3c(c2)c2ccccc2n3C)s/c1=C\c1oc2ccccc2[n+]1C. The van der Waals surface area contributed by atoms with Crippen molar-refractivity contribution in [1.82, 2.24) is 9.13 Å². The molecule has 3 aromatic carbocycles. The predicted molar refractivity (Wildman–Crippen MR) is 134 cm³/mol. The number of benzene rings is 3. The first-order chi connectivity index (χ1) is 16.0. The van der Waals surface area contributed by atoms with Crippen LogP contribution in [0, 0.1) is 0 Å². The number of fused-ring (bicyclic) bond motifs is 4. The van der Waals surface area contributed by atoms with Gasteiger partial charge in [-0.2, -0.15) is 4.57 Å². The topological polar surface area (TPSA) is 44.0 Å². The summed E-state index contributed by atoms with van der Waals surface area (Å²) in [5.41, 5.74) is 5.22. The molecule has 6 rings (SSSR count). The van der Waals surface area contributed by atoms with Gasteiger partial charge in [0.15, 0.2) is 0 Å². The standard InChI is InChI=1S/C27H22N3O2S/c1-28-20-9-5-4-8-18(20)19-14-17(12-13-21(19)28)15-24-27(31)30(3)26(33-24)16-25-29(2)22-10-6-7-11-23(22)32-25/h4-16H,1-3H3/q+1/b24-15+. The van der Waals surface area contributed by atoms with Crippen LogP contribution in [0.1, 0.15) is 11.5 Å². The highest BCUT2D eigenvalue weighted by Crippen LogP contribution is 2.28. The van der Waals surface area contributed by atoms with Crippen LogP contribution in [0.3, 0.4) is 0 Å². The Hall–Kier alpha value is -3.90. The largest absolute Gasteiger partial charge is 0.398 e. The van der Waals surface area contributed by atoms with E-state index in [1.54, 1.807) is 11.6 Å². The molecule has 3 aromatic heterocycles. The lowest BCUT2D eigenvalue weighted by Gasteiger charge is -1.98. The van der Waals surface area contributed by atoms with Crippen LogP contribution < -0.4 is 19.3 Å². The van der Waals surface area contributed by atoms with Gasteiger partial charge in [0, 0.05) is 42.0 Å². The highest BCUT2D eigenvalue weighted by molar-refractivity contribution is 7.07. The number of aromatic nitrogens is 3. The lowest BCUT2D eigenvalue weighted by atomic mass is 10.1. The van der Waals surface area contributed by atoms with E-state index in [2.05, 4.69) is 54.1 Å². The fraction of sp³-hybridized carbons (Fsp3) is 0.111. The average Bonchev–Trinajstić information content (AvgIpc) is 3.40. The Morgan fingerprint density at radius 2 is 1.64 bits per heavy atom. The molecule has 0 aliphatic carbocycles. The smallest absolute Gasteiger partial charge is 0.376 e. The van der Waals surface area contributed by atoms with Gasteiger partial charge in [-0.3, -0.25) is 4.79 Å². The third-order valence-corrected chi connectivity index (χ3v) is 7.43. The van der Waals surface area contributed by atoms with Crippen molar-refractivity contribution in [2.45, 2.75) is 0 Å². The first kappa shape index (κ1) is 19.8. The molecule has 0 aliphatic heterocycles. The second-order valence-electron chi connectivity index (χ2n) is 8.28. The van der Waals surface area contributed by atoms with Crippen molar-refractivity contribution in [3.05, 3.63) is 97.7 Å². The molecule has 0 N–H and O–H groups in total. The number of hydrogen-bond donors (Lipinski definition) is 0. The number of para-hydroxylation sites is 3. The molecule has 0 spiro atoms. The van der Waals surface area contributed by atoms with Gasteiger partial charge in [-0.05, 0) is 35.9 Å². The zero-order valence-corrected chi connectivity index (χ0v) is 19.4. The van der Waals surface area contributed by atoms with Crippen LogP contribution in [0.25, 0.3) is 45.1 Å². The van der Waals surface area contributed by atoms with E-state index >= 15 is 0 Å². The number of hydrogen-bond acceptors (Lipinski definition) is 3. The Balaban J connectivity index is 1.51. The molecule has 3 heterocycles. The summed E-state index contributed by atoms with van der Waals surface area (Å²) in [6.45, 7) is 0. The van der Waals surface area contributed by atoms with Crippen LogP contribution in [-0.2, 0) is 21.1 Å². The highest BCUT2D eigenvalue weighted by atomic mass is 32.1. The quantitative estimate of drug-likeness (QED) is 0.379. The summed E-state index contributed by atoms with van der Waals surface area (Å²) in [6.07, 6.45) is 3.90. The van der Waals surface area contributed by atoms with Crippen LogP contribution in [0.15, 0.2) is 75.9 Å². The molecule has 0 radical (unpaired) electrons. The van der Waals surface area contributed by atoms with Gasteiger partial charge in [0.05, 0.1) is 10.6 Å². The van der Waals surface area contributed by atoms with E-state index in [0.717, 1.165) is 21.3 Å². The maximum Gasteiger partial charge on any atom is 0.376 e. The van der Waals surface area contributed by atoms with Crippen LogP contribution >= 0.6 is 11.3 Å². The van der Waals surface area contributed by atoms with E-state index in [4.69, 9.17) is 4.42 Å². The van der Waals surface area contributed by atoms with Crippen molar-refractivity contribution in [2.75, 3.05) is 0 Å². The molecule has 0 aliphatic rings. The first-order valence-electron chi connectivity index (χ1n) is 10.8. The monoisotopic (exact) mass is 452 g/mol. The van der Waals surface area contributed by atoms with Gasteiger partial charge in [0.25, 0.3) is 11.1 Å². The Labute approximate surface area is 193 Å². The zero-order valence-electron chi connectivity index (χ0n) is 18.6. The molecule has 0 saturated carbocycles. The van der Waals surface area contributed by atoms with Gasteiger partial charge >= 0.3 is 5.89 Å². The minimum absolute atomic E-state index is 0.0111. The summed E-state index contributed by atoms with van der Waals surface area (Å²) in [4.78, 5) is 13.0. The van der Waals surface area contributed by atoms with E-state index < -0.39 is 0 Å². The van der Waals surface area contributed by atoms with Crippen LogP contribution in [-0.4, -0.2) is 9.13 Å². The van der Waals surface area contributed by atoms with Gasteiger partial charge in [-0.25, -0.2) is 0 Å². The van der Waals surface area contributed by atoms with E-state index in [0.29, 0.717) is 10.4 Å². The predicted octanol–water partition coefficient (Wildman–Crippen LogP) is 3.32. The minimum Gasteiger partial charge on any atom is -0.398 e.